The minimum atomic E-state index is -4.39. The molecule has 1 heterocycles. The molecule has 68 valence electrons. The molecule has 0 spiro atoms. The second kappa shape index (κ2) is 2.76. The Morgan fingerprint density at radius 3 is 2.25 bits per heavy atom. The monoisotopic (exact) mass is 179 g/mol. The van der Waals surface area contributed by atoms with Gasteiger partial charge in [-0.15, -0.1) is 5.10 Å². The lowest BCUT2D eigenvalue weighted by Crippen LogP contribution is -2.09. The van der Waals surface area contributed by atoms with Crippen molar-refractivity contribution in [1.29, 1.82) is 0 Å². The molecule has 0 aliphatic carbocycles. The fourth-order valence-electron chi connectivity index (χ4n) is 0.905. The van der Waals surface area contributed by atoms with Crippen LogP contribution in [-0.2, 0) is 19.6 Å². The van der Waals surface area contributed by atoms with Crippen molar-refractivity contribution < 1.29 is 13.2 Å². The molecular formula is C6H8F3N3. The van der Waals surface area contributed by atoms with Gasteiger partial charge in [-0.1, -0.05) is 6.92 Å². The normalized spacial score (nSPS) is 12.1. The van der Waals surface area contributed by atoms with Crippen molar-refractivity contribution in [3.05, 3.63) is 11.4 Å². The van der Waals surface area contributed by atoms with E-state index >= 15 is 0 Å². The van der Waals surface area contributed by atoms with Crippen LogP contribution < -0.4 is 0 Å². The highest BCUT2D eigenvalue weighted by molar-refractivity contribution is 5.11. The van der Waals surface area contributed by atoms with Gasteiger partial charge in [-0.3, -0.25) is 0 Å². The van der Waals surface area contributed by atoms with Gasteiger partial charge in [0.2, 0.25) is 0 Å². The smallest absolute Gasteiger partial charge is 0.187 e. The van der Waals surface area contributed by atoms with Crippen molar-refractivity contribution in [2.24, 2.45) is 7.05 Å². The molecule has 1 aromatic heterocycles. The van der Waals surface area contributed by atoms with Gasteiger partial charge in [0.05, 0.1) is 5.69 Å². The van der Waals surface area contributed by atoms with Crippen LogP contribution in [0.4, 0.5) is 13.2 Å². The fraction of sp³-hybridized carbons (Fsp3) is 0.667. The van der Waals surface area contributed by atoms with Gasteiger partial charge in [-0.2, -0.15) is 23.1 Å². The fourth-order valence-corrected chi connectivity index (χ4v) is 0.905. The summed E-state index contributed by atoms with van der Waals surface area (Å²) in [6.07, 6.45) is -4.15. The number of nitrogens with zero attached hydrogens (tertiary/aromatic N) is 3. The highest BCUT2D eigenvalue weighted by Crippen LogP contribution is 2.29. The number of aryl methyl sites for hydroxylation is 2. The zero-order chi connectivity index (χ0) is 9.35. The Labute approximate surface area is 67.2 Å². The third-order valence-corrected chi connectivity index (χ3v) is 1.39. The molecule has 1 aromatic rings. The lowest BCUT2D eigenvalue weighted by Gasteiger charge is -2.01. The number of alkyl halides is 3. The van der Waals surface area contributed by atoms with Crippen LogP contribution in [0, 0.1) is 0 Å². The van der Waals surface area contributed by atoms with Crippen LogP contribution in [0.25, 0.3) is 0 Å². The van der Waals surface area contributed by atoms with Crippen LogP contribution in [0.2, 0.25) is 0 Å². The van der Waals surface area contributed by atoms with Crippen LogP contribution in [0.3, 0.4) is 0 Å². The number of rotatable bonds is 1. The van der Waals surface area contributed by atoms with Gasteiger partial charge >= 0.3 is 6.18 Å². The van der Waals surface area contributed by atoms with Gasteiger partial charge in [-0.05, 0) is 6.42 Å². The summed E-state index contributed by atoms with van der Waals surface area (Å²) < 4.78 is 36.4. The molecule has 0 saturated heterocycles. The molecule has 0 amide bonds. The lowest BCUT2D eigenvalue weighted by molar-refractivity contribution is -0.142. The second-order valence-electron chi connectivity index (χ2n) is 2.34. The number of hydrogen-bond acceptors (Lipinski definition) is 2. The van der Waals surface area contributed by atoms with Crippen molar-refractivity contribution in [3.63, 3.8) is 0 Å². The molecule has 0 aliphatic rings. The average Bonchev–Trinajstić information content (AvgIpc) is 2.29. The van der Waals surface area contributed by atoms with Crippen molar-refractivity contribution in [2.75, 3.05) is 0 Å². The van der Waals surface area contributed by atoms with Crippen molar-refractivity contribution in [2.45, 2.75) is 19.5 Å². The number of aromatic nitrogens is 3. The first-order valence-corrected chi connectivity index (χ1v) is 3.42. The largest absolute Gasteiger partial charge is 0.437 e. The summed E-state index contributed by atoms with van der Waals surface area (Å²) in [4.78, 5) is 0.932. The van der Waals surface area contributed by atoms with Crippen molar-refractivity contribution >= 4 is 0 Å². The van der Waals surface area contributed by atoms with E-state index in [0.29, 0.717) is 0 Å². The maximum atomic E-state index is 12.1. The Morgan fingerprint density at radius 1 is 1.33 bits per heavy atom. The standard InChI is InChI=1S/C6H8F3N3/c1-3-4-5(6(7,8)9)11-12(2)10-4/h3H2,1-2H3. The van der Waals surface area contributed by atoms with E-state index in [1.165, 1.54) is 7.05 Å². The molecule has 0 unspecified atom stereocenters. The SMILES string of the molecule is CCc1nn(C)nc1C(F)(F)F. The molecule has 0 N–H and O–H groups in total. The van der Waals surface area contributed by atoms with Crippen LogP contribution in [0.1, 0.15) is 18.3 Å². The third-order valence-electron chi connectivity index (χ3n) is 1.39. The van der Waals surface area contributed by atoms with E-state index in [-0.39, 0.29) is 12.1 Å². The zero-order valence-electron chi connectivity index (χ0n) is 6.68. The number of hydrogen-bond donors (Lipinski definition) is 0. The Balaban J connectivity index is 3.13. The summed E-state index contributed by atoms with van der Waals surface area (Å²) in [6, 6.07) is 0. The van der Waals surface area contributed by atoms with Gasteiger partial charge in [0.25, 0.3) is 0 Å². The molecule has 3 nitrogen and oxygen atoms in total. The molecule has 0 bridgehead atoms. The highest BCUT2D eigenvalue weighted by atomic mass is 19.4. The van der Waals surface area contributed by atoms with E-state index in [9.17, 15) is 13.2 Å². The quantitative estimate of drug-likeness (QED) is 0.652. The Hall–Kier alpha value is -1.07. The third kappa shape index (κ3) is 1.57. The van der Waals surface area contributed by atoms with Gasteiger partial charge < -0.3 is 0 Å². The van der Waals surface area contributed by atoms with Gasteiger partial charge in [-0.25, -0.2) is 0 Å². The lowest BCUT2D eigenvalue weighted by atomic mass is 10.2. The van der Waals surface area contributed by atoms with Gasteiger partial charge in [0.1, 0.15) is 0 Å². The first-order valence-electron chi connectivity index (χ1n) is 3.42. The first-order chi connectivity index (χ1) is 5.45. The molecule has 12 heavy (non-hydrogen) atoms. The maximum Gasteiger partial charge on any atom is 0.437 e. The van der Waals surface area contributed by atoms with Crippen LogP contribution >= 0.6 is 0 Å². The Kier molecular flexibility index (Phi) is 2.08. The van der Waals surface area contributed by atoms with Crippen LogP contribution in [0.15, 0.2) is 0 Å². The molecule has 0 atom stereocenters. The van der Waals surface area contributed by atoms with E-state index in [1.807, 2.05) is 0 Å². The highest BCUT2D eigenvalue weighted by Gasteiger charge is 2.37. The zero-order valence-corrected chi connectivity index (χ0v) is 6.68. The van der Waals surface area contributed by atoms with Gasteiger partial charge in [0, 0.05) is 7.05 Å². The van der Waals surface area contributed by atoms with Crippen molar-refractivity contribution in [1.82, 2.24) is 15.0 Å². The summed E-state index contributed by atoms with van der Waals surface area (Å²) in [6.45, 7) is 1.61. The summed E-state index contributed by atoms with van der Waals surface area (Å²) in [5, 5.41) is 6.81. The summed E-state index contributed by atoms with van der Waals surface area (Å²) >= 11 is 0. The Bertz CT molecular complexity index is 276. The summed E-state index contributed by atoms with van der Waals surface area (Å²) in [5.74, 6) is 0. The second-order valence-corrected chi connectivity index (χ2v) is 2.34. The van der Waals surface area contributed by atoms with E-state index in [0.717, 1.165) is 4.80 Å². The summed E-state index contributed by atoms with van der Waals surface area (Å²) in [5.41, 5.74) is -0.891. The van der Waals surface area contributed by atoms with E-state index in [1.54, 1.807) is 6.92 Å². The molecule has 0 aromatic carbocycles. The predicted octanol–water partition coefficient (Wildman–Crippen LogP) is 1.40. The molecular weight excluding hydrogens is 171 g/mol. The van der Waals surface area contributed by atoms with E-state index in [2.05, 4.69) is 10.2 Å². The van der Waals surface area contributed by atoms with Crippen molar-refractivity contribution in [3.8, 4) is 0 Å². The molecule has 0 fully saturated rings. The minimum absolute atomic E-state index is 0.00926. The molecule has 0 aliphatic heterocycles. The first kappa shape index (κ1) is 9.02. The summed E-state index contributed by atoms with van der Waals surface area (Å²) in [7, 11) is 1.37. The maximum absolute atomic E-state index is 12.1. The van der Waals surface area contributed by atoms with Crippen LogP contribution in [-0.4, -0.2) is 15.0 Å². The predicted molar refractivity (Wildman–Crippen MR) is 35.4 cm³/mol. The Morgan fingerprint density at radius 2 is 1.92 bits per heavy atom. The van der Waals surface area contributed by atoms with Gasteiger partial charge in [0.15, 0.2) is 5.69 Å². The van der Waals surface area contributed by atoms with E-state index in [4.69, 9.17) is 0 Å². The molecule has 0 radical (unpaired) electrons. The number of halogens is 3. The molecule has 6 heteroatoms. The topological polar surface area (TPSA) is 30.7 Å². The molecule has 1 rings (SSSR count). The minimum Gasteiger partial charge on any atom is -0.187 e. The van der Waals surface area contributed by atoms with Crippen LogP contribution in [0.5, 0.6) is 0 Å². The average molecular weight is 179 g/mol. The van der Waals surface area contributed by atoms with E-state index < -0.39 is 11.9 Å². The molecule has 0 saturated carbocycles.